The van der Waals surface area contributed by atoms with Crippen LogP contribution in [0.5, 0.6) is 0 Å². The normalized spacial score (nSPS) is 15.4. The summed E-state index contributed by atoms with van der Waals surface area (Å²) in [6, 6.07) is 5.66. The van der Waals surface area contributed by atoms with E-state index in [-0.39, 0.29) is 18.0 Å². The van der Waals surface area contributed by atoms with Gasteiger partial charge in [0, 0.05) is 18.2 Å². The number of methoxy groups -OCH3 is 1. The van der Waals surface area contributed by atoms with Crippen LogP contribution in [0.2, 0.25) is 0 Å². The van der Waals surface area contributed by atoms with Crippen LogP contribution in [0, 0.1) is 0 Å². The van der Waals surface area contributed by atoms with E-state index in [4.69, 9.17) is 0 Å². The molecular weight excluding hydrogens is 292 g/mol. The van der Waals surface area contributed by atoms with Gasteiger partial charge in [-0.3, -0.25) is 4.79 Å². The summed E-state index contributed by atoms with van der Waals surface area (Å²) < 4.78 is 4.50. The van der Waals surface area contributed by atoms with Gasteiger partial charge < -0.3 is 15.4 Å². The van der Waals surface area contributed by atoms with E-state index in [0.29, 0.717) is 5.56 Å². The van der Waals surface area contributed by atoms with Crippen LogP contribution < -0.4 is 10.6 Å². The van der Waals surface area contributed by atoms with Gasteiger partial charge in [0.15, 0.2) is 0 Å². The Labute approximate surface area is 136 Å². The summed E-state index contributed by atoms with van der Waals surface area (Å²) in [7, 11) is 1.31. The first-order valence-corrected chi connectivity index (χ1v) is 7.48. The molecule has 0 spiro atoms. The van der Waals surface area contributed by atoms with E-state index in [0.717, 1.165) is 16.8 Å². The van der Waals surface area contributed by atoms with Gasteiger partial charge in [0.05, 0.1) is 23.9 Å². The van der Waals surface area contributed by atoms with Crippen molar-refractivity contribution in [1.82, 2.24) is 5.32 Å². The third-order valence-electron chi connectivity index (χ3n) is 3.59. The van der Waals surface area contributed by atoms with Gasteiger partial charge in [-0.05, 0) is 32.4 Å². The van der Waals surface area contributed by atoms with E-state index in [1.54, 1.807) is 12.1 Å². The van der Waals surface area contributed by atoms with Crippen molar-refractivity contribution < 1.29 is 14.3 Å². The number of carbonyl (C=O) groups excluding carboxylic acids is 2. The van der Waals surface area contributed by atoms with Gasteiger partial charge in [-0.2, -0.15) is 0 Å². The number of para-hydroxylation sites is 1. The van der Waals surface area contributed by atoms with Gasteiger partial charge in [-0.25, -0.2) is 4.79 Å². The summed E-state index contributed by atoms with van der Waals surface area (Å²) in [5.41, 5.74) is 3.39. The molecule has 1 heterocycles. The Morgan fingerprint density at radius 2 is 2.09 bits per heavy atom. The van der Waals surface area contributed by atoms with Gasteiger partial charge in [-0.15, -0.1) is 0 Å². The summed E-state index contributed by atoms with van der Waals surface area (Å²) >= 11 is 0. The lowest BCUT2D eigenvalue weighted by Crippen LogP contribution is -2.34. The van der Waals surface area contributed by atoms with Crippen molar-refractivity contribution in [3.63, 3.8) is 0 Å². The molecule has 0 atom stereocenters. The lowest BCUT2D eigenvalue weighted by Gasteiger charge is -2.32. The average molecular weight is 314 g/mol. The molecule has 0 unspecified atom stereocenters. The Balaban J connectivity index is 2.17. The molecule has 5 heteroatoms. The highest BCUT2D eigenvalue weighted by Gasteiger charge is 2.26. The number of esters is 1. The molecule has 2 rings (SSSR count). The van der Waals surface area contributed by atoms with Crippen LogP contribution >= 0.6 is 0 Å². The van der Waals surface area contributed by atoms with Crippen LogP contribution in [0.25, 0.3) is 5.57 Å². The quantitative estimate of drug-likeness (QED) is 0.662. The Morgan fingerprint density at radius 3 is 2.78 bits per heavy atom. The molecule has 0 saturated carbocycles. The van der Waals surface area contributed by atoms with Crippen LogP contribution in [0.4, 0.5) is 5.69 Å². The fraction of sp³-hybridized carbons (Fsp3) is 0.333. The minimum Gasteiger partial charge on any atom is -0.466 e. The number of benzene rings is 1. The first-order valence-electron chi connectivity index (χ1n) is 7.48. The average Bonchev–Trinajstić information content (AvgIpc) is 2.49. The molecule has 1 amide bonds. The lowest BCUT2D eigenvalue weighted by molar-refractivity contribution is -0.134. The molecule has 1 aliphatic rings. The zero-order valence-corrected chi connectivity index (χ0v) is 13.9. The Kier molecular flexibility index (Phi) is 4.89. The van der Waals surface area contributed by atoms with Crippen LogP contribution in [0.15, 0.2) is 36.4 Å². The fourth-order valence-corrected chi connectivity index (χ4v) is 2.65. The fourth-order valence-electron chi connectivity index (χ4n) is 2.65. The number of nitrogens with one attached hydrogen (secondary N) is 2. The van der Waals surface area contributed by atoms with Crippen LogP contribution in [0.3, 0.4) is 0 Å². The highest BCUT2D eigenvalue weighted by Crippen LogP contribution is 2.35. The Bertz CT molecular complexity index is 688. The topological polar surface area (TPSA) is 67.4 Å². The standard InChI is InChI=1S/C18H22N2O3/c1-12-11-18(2,3)20-16-13(12)7-5-8-14(16)17(22)19-10-6-9-15(21)23-4/h5-9,11,20H,10H2,1-4H3,(H,19,22)/b9-6+. The van der Waals surface area contributed by atoms with Crippen LogP contribution in [-0.2, 0) is 9.53 Å². The molecule has 0 radical (unpaired) electrons. The zero-order valence-electron chi connectivity index (χ0n) is 13.9. The number of hydrogen-bond donors (Lipinski definition) is 2. The zero-order chi connectivity index (χ0) is 17.0. The molecular formula is C18H22N2O3. The summed E-state index contributed by atoms with van der Waals surface area (Å²) in [5, 5.41) is 6.18. The molecule has 122 valence electrons. The predicted molar refractivity (Wildman–Crippen MR) is 91.3 cm³/mol. The monoisotopic (exact) mass is 314 g/mol. The van der Waals surface area contributed by atoms with E-state index < -0.39 is 5.97 Å². The van der Waals surface area contributed by atoms with Crippen molar-refractivity contribution in [3.8, 4) is 0 Å². The highest BCUT2D eigenvalue weighted by molar-refractivity contribution is 6.03. The molecule has 0 aliphatic carbocycles. The number of amides is 1. The first kappa shape index (κ1) is 16.8. The van der Waals surface area contributed by atoms with Crippen molar-refractivity contribution in [1.29, 1.82) is 0 Å². The number of fused-ring (bicyclic) bond motifs is 1. The maximum Gasteiger partial charge on any atom is 0.330 e. The SMILES string of the molecule is COC(=O)/C=C/CNC(=O)c1cccc2c1NC(C)(C)C=C2C. The lowest BCUT2D eigenvalue weighted by atomic mass is 9.89. The van der Waals surface area contributed by atoms with Gasteiger partial charge in [0.2, 0.25) is 0 Å². The second kappa shape index (κ2) is 6.69. The number of carbonyl (C=O) groups is 2. The summed E-state index contributed by atoms with van der Waals surface area (Å²) in [4.78, 5) is 23.4. The minimum absolute atomic E-state index is 0.186. The van der Waals surface area contributed by atoms with Gasteiger partial charge in [-0.1, -0.05) is 24.3 Å². The summed E-state index contributed by atoms with van der Waals surface area (Å²) in [5.74, 6) is -0.630. The number of anilines is 1. The molecule has 1 aromatic carbocycles. The van der Waals surface area contributed by atoms with E-state index in [1.807, 2.05) is 19.1 Å². The number of rotatable bonds is 4. The minimum atomic E-state index is -0.444. The summed E-state index contributed by atoms with van der Waals surface area (Å²) in [6.45, 7) is 6.43. The number of ether oxygens (including phenoxy) is 1. The smallest absolute Gasteiger partial charge is 0.330 e. The molecule has 5 nitrogen and oxygen atoms in total. The molecule has 23 heavy (non-hydrogen) atoms. The molecule has 1 aromatic rings. The van der Waals surface area contributed by atoms with Gasteiger partial charge in [0.1, 0.15) is 0 Å². The van der Waals surface area contributed by atoms with Crippen molar-refractivity contribution in [2.75, 3.05) is 19.0 Å². The van der Waals surface area contributed by atoms with Crippen LogP contribution in [0.1, 0.15) is 36.7 Å². The second-order valence-corrected chi connectivity index (χ2v) is 6.04. The molecule has 0 bridgehead atoms. The largest absolute Gasteiger partial charge is 0.466 e. The maximum absolute atomic E-state index is 12.4. The molecule has 2 N–H and O–H groups in total. The Hall–Kier alpha value is -2.56. The third-order valence-corrected chi connectivity index (χ3v) is 3.59. The first-order chi connectivity index (χ1) is 10.8. The predicted octanol–water partition coefficient (Wildman–Crippen LogP) is 2.75. The molecule has 0 fully saturated rings. The van der Waals surface area contributed by atoms with E-state index in [1.165, 1.54) is 13.2 Å². The van der Waals surface area contributed by atoms with Crippen molar-refractivity contribution >= 4 is 23.1 Å². The van der Waals surface area contributed by atoms with Crippen molar-refractivity contribution in [3.05, 3.63) is 47.6 Å². The second-order valence-electron chi connectivity index (χ2n) is 6.04. The maximum atomic E-state index is 12.4. The van der Waals surface area contributed by atoms with E-state index in [2.05, 4.69) is 35.3 Å². The molecule has 1 aliphatic heterocycles. The Morgan fingerprint density at radius 1 is 1.35 bits per heavy atom. The molecule has 0 saturated heterocycles. The highest BCUT2D eigenvalue weighted by atomic mass is 16.5. The van der Waals surface area contributed by atoms with Crippen LogP contribution in [-0.4, -0.2) is 31.1 Å². The summed E-state index contributed by atoms with van der Waals surface area (Å²) in [6.07, 6.45) is 4.99. The van der Waals surface area contributed by atoms with Crippen molar-refractivity contribution in [2.45, 2.75) is 26.3 Å². The van der Waals surface area contributed by atoms with Crippen molar-refractivity contribution in [2.24, 2.45) is 0 Å². The number of hydrogen-bond acceptors (Lipinski definition) is 4. The van der Waals surface area contributed by atoms with E-state index >= 15 is 0 Å². The van der Waals surface area contributed by atoms with Gasteiger partial charge >= 0.3 is 5.97 Å². The van der Waals surface area contributed by atoms with Gasteiger partial charge in [0.25, 0.3) is 5.91 Å². The molecule has 0 aromatic heterocycles. The third kappa shape index (κ3) is 4.00. The number of allylic oxidation sites excluding steroid dienone is 1. The van der Waals surface area contributed by atoms with E-state index in [9.17, 15) is 9.59 Å².